The average molecular weight is 389 g/mol. The molecule has 1 aliphatic rings. The second-order valence-corrected chi connectivity index (χ2v) is 8.80. The van der Waals surface area contributed by atoms with E-state index >= 15 is 0 Å². The van der Waals surface area contributed by atoms with Crippen molar-refractivity contribution < 1.29 is 9.59 Å². The van der Waals surface area contributed by atoms with Crippen LogP contribution >= 0.6 is 0 Å². The Labute approximate surface area is 171 Å². The van der Waals surface area contributed by atoms with Crippen molar-refractivity contribution in [1.29, 1.82) is 0 Å². The standard InChI is InChI=1S/C24H27N3O2/c1-15-21(18-12-8-9-13-19(18)26(15)5)22-16-10-6-7-11-17(16)23(29)27(22)14-20(28)25-24(2,3)4/h6-13,22H,14H2,1-5H3,(H,25,28). The average Bonchev–Trinajstić information content (AvgIpc) is 3.06. The van der Waals surface area contributed by atoms with Gasteiger partial charge >= 0.3 is 0 Å². The van der Waals surface area contributed by atoms with Crippen molar-refractivity contribution in [3.05, 3.63) is 70.9 Å². The number of nitrogens with one attached hydrogen (secondary N) is 1. The zero-order valence-corrected chi connectivity index (χ0v) is 17.6. The van der Waals surface area contributed by atoms with Gasteiger partial charge in [0.1, 0.15) is 6.54 Å². The summed E-state index contributed by atoms with van der Waals surface area (Å²) in [6, 6.07) is 15.6. The number of rotatable bonds is 3. The summed E-state index contributed by atoms with van der Waals surface area (Å²) in [5.74, 6) is -0.247. The number of hydrogen-bond donors (Lipinski definition) is 1. The van der Waals surface area contributed by atoms with Crippen molar-refractivity contribution in [1.82, 2.24) is 14.8 Å². The smallest absolute Gasteiger partial charge is 0.255 e. The van der Waals surface area contributed by atoms with E-state index in [9.17, 15) is 9.59 Å². The molecule has 150 valence electrons. The number of benzene rings is 2. The van der Waals surface area contributed by atoms with Gasteiger partial charge in [-0.3, -0.25) is 9.59 Å². The van der Waals surface area contributed by atoms with Crippen molar-refractivity contribution in [2.75, 3.05) is 6.54 Å². The number of nitrogens with zero attached hydrogens (tertiary/aromatic N) is 2. The molecule has 3 aromatic rings. The van der Waals surface area contributed by atoms with Gasteiger partial charge in [0.2, 0.25) is 5.91 Å². The molecule has 1 aromatic heterocycles. The van der Waals surface area contributed by atoms with Crippen molar-refractivity contribution in [3.63, 3.8) is 0 Å². The van der Waals surface area contributed by atoms with E-state index in [1.54, 1.807) is 4.90 Å². The molecule has 5 heteroatoms. The molecule has 2 aromatic carbocycles. The Morgan fingerprint density at radius 3 is 2.45 bits per heavy atom. The first kappa shape index (κ1) is 19.2. The number of para-hydroxylation sites is 1. The Kier molecular flexibility index (Phi) is 4.49. The molecule has 1 aliphatic heterocycles. The molecule has 2 amide bonds. The van der Waals surface area contributed by atoms with Crippen LogP contribution in [-0.2, 0) is 11.8 Å². The SMILES string of the molecule is Cc1c(C2c3ccccc3C(=O)N2CC(=O)NC(C)(C)C)c2ccccc2n1C. The topological polar surface area (TPSA) is 54.3 Å². The van der Waals surface area contributed by atoms with Gasteiger partial charge < -0.3 is 14.8 Å². The number of aromatic nitrogens is 1. The van der Waals surface area contributed by atoms with Crippen LogP contribution in [0.1, 0.15) is 54.0 Å². The third-order valence-electron chi connectivity index (χ3n) is 5.61. The summed E-state index contributed by atoms with van der Waals surface area (Å²) in [5.41, 5.74) is 4.59. The number of carbonyl (C=O) groups is 2. The second kappa shape index (κ2) is 6.76. The normalized spacial score (nSPS) is 16.4. The minimum absolute atomic E-state index is 0.0259. The van der Waals surface area contributed by atoms with Crippen LogP contribution in [0.5, 0.6) is 0 Å². The van der Waals surface area contributed by atoms with Crippen molar-refractivity contribution in [2.45, 2.75) is 39.3 Å². The van der Waals surface area contributed by atoms with Crippen LogP contribution in [0.4, 0.5) is 0 Å². The summed E-state index contributed by atoms with van der Waals surface area (Å²) in [5, 5.41) is 4.10. The van der Waals surface area contributed by atoms with Crippen LogP contribution in [0.15, 0.2) is 48.5 Å². The fourth-order valence-corrected chi connectivity index (χ4v) is 4.35. The maximum atomic E-state index is 13.3. The summed E-state index contributed by atoms with van der Waals surface area (Å²) >= 11 is 0. The summed E-state index contributed by atoms with van der Waals surface area (Å²) in [6.45, 7) is 7.93. The van der Waals surface area contributed by atoms with Crippen LogP contribution < -0.4 is 5.32 Å². The Balaban J connectivity index is 1.86. The molecule has 2 heterocycles. The largest absolute Gasteiger partial charge is 0.350 e. The predicted molar refractivity (Wildman–Crippen MR) is 115 cm³/mol. The highest BCUT2D eigenvalue weighted by Crippen LogP contribution is 2.43. The van der Waals surface area contributed by atoms with Gasteiger partial charge in [-0.25, -0.2) is 0 Å². The molecule has 4 rings (SSSR count). The first-order valence-electron chi connectivity index (χ1n) is 9.94. The van der Waals surface area contributed by atoms with E-state index in [2.05, 4.69) is 28.9 Å². The van der Waals surface area contributed by atoms with Crippen molar-refractivity contribution in [2.24, 2.45) is 7.05 Å². The monoisotopic (exact) mass is 389 g/mol. The van der Waals surface area contributed by atoms with E-state index < -0.39 is 0 Å². The van der Waals surface area contributed by atoms with E-state index in [1.165, 1.54) is 0 Å². The van der Waals surface area contributed by atoms with Crippen molar-refractivity contribution >= 4 is 22.7 Å². The number of fused-ring (bicyclic) bond motifs is 2. The molecular formula is C24H27N3O2. The number of amides is 2. The lowest BCUT2D eigenvalue weighted by Gasteiger charge is -2.28. The zero-order valence-electron chi connectivity index (χ0n) is 17.6. The first-order chi connectivity index (χ1) is 13.7. The molecular weight excluding hydrogens is 362 g/mol. The van der Waals surface area contributed by atoms with Gasteiger partial charge in [0.05, 0.1) is 6.04 Å². The number of aryl methyl sites for hydroxylation is 1. The molecule has 0 aliphatic carbocycles. The molecule has 0 bridgehead atoms. The Hall–Kier alpha value is -3.08. The maximum Gasteiger partial charge on any atom is 0.255 e. The Bertz CT molecular complexity index is 1120. The Morgan fingerprint density at radius 1 is 1.07 bits per heavy atom. The van der Waals surface area contributed by atoms with Gasteiger partial charge in [-0.2, -0.15) is 0 Å². The molecule has 0 fully saturated rings. The van der Waals surface area contributed by atoms with E-state index in [0.29, 0.717) is 5.56 Å². The minimum atomic E-state index is -0.350. The lowest BCUT2D eigenvalue weighted by atomic mass is 9.95. The van der Waals surface area contributed by atoms with E-state index in [0.717, 1.165) is 27.7 Å². The fraction of sp³-hybridized carbons (Fsp3) is 0.333. The molecule has 29 heavy (non-hydrogen) atoms. The number of hydrogen-bond acceptors (Lipinski definition) is 2. The highest BCUT2D eigenvalue weighted by molar-refractivity contribution is 6.02. The van der Waals surface area contributed by atoms with E-state index in [4.69, 9.17) is 0 Å². The highest BCUT2D eigenvalue weighted by atomic mass is 16.2. The molecule has 0 spiro atoms. The molecule has 0 radical (unpaired) electrons. The first-order valence-corrected chi connectivity index (χ1v) is 9.94. The third-order valence-corrected chi connectivity index (χ3v) is 5.61. The van der Waals surface area contributed by atoms with Gasteiger partial charge in [-0.05, 0) is 45.4 Å². The minimum Gasteiger partial charge on any atom is -0.350 e. The molecule has 1 atom stereocenters. The lowest BCUT2D eigenvalue weighted by molar-refractivity contribution is -0.123. The number of carbonyl (C=O) groups excluding carboxylic acids is 2. The van der Waals surface area contributed by atoms with Gasteiger partial charge in [0.25, 0.3) is 5.91 Å². The van der Waals surface area contributed by atoms with Gasteiger partial charge in [-0.15, -0.1) is 0 Å². The van der Waals surface area contributed by atoms with E-state index in [-0.39, 0.29) is 29.9 Å². The van der Waals surface area contributed by atoms with Gasteiger partial charge in [-0.1, -0.05) is 36.4 Å². The van der Waals surface area contributed by atoms with Crippen LogP contribution in [0.2, 0.25) is 0 Å². The zero-order chi connectivity index (χ0) is 20.9. The van der Waals surface area contributed by atoms with Crippen LogP contribution in [-0.4, -0.2) is 33.4 Å². The molecule has 1 unspecified atom stereocenters. The quantitative estimate of drug-likeness (QED) is 0.738. The van der Waals surface area contributed by atoms with Gasteiger partial charge in [0.15, 0.2) is 0 Å². The molecule has 0 saturated carbocycles. The predicted octanol–water partition coefficient (Wildman–Crippen LogP) is 3.95. The summed E-state index contributed by atoms with van der Waals surface area (Å²) in [6.07, 6.45) is 0. The summed E-state index contributed by atoms with van der Waals surface area (Å²) < 4.78 is 2.16. The lowest BCUT2D eigenvalue weighted by Crippen LogP contribution is -2.46. The Morgan fingerprint density at radius 2 is 1.72 bits per heavy atom. The maximum absolute atomic E-state index is 13.3. The van der Waals surface area contributed by atoms with Crippen LogP contribution in [0.25, 0.3) is 10.9 Å². The third kappa shape index (κ3) is 3.20. The van der Waals surface area contributed by atoms with Crippen molar-refractivity contribution in [3.8, 4) is 0 Å². The highest BCUT2D eigenvalue weighted by Gasteiger charge is 2.40. The summed E-state index contributed by atoms with van der Waals surface area (Å²) in [4.78, 5) is 27.7. The molecule has 0 saturated heterocycles. The fourth-order valence-electron chi connectivity index (χ4n) is 4.35. The van der Waals surface area contributed by atoms with Crippen LogP contribution in [0, 0.1) is 6.92 Å². The van der Waals surface area contributed by atoms with Crippen LogP contribution in [0.3, 0.4) is 0 Å². The van der Waals surface area contributed by atoms with E-state index in [1.807, 2.05) is 64.2 Å². The molecule has 5 nitrogen and oxygen atoms in total. The second-order valence-electron chi connectivity index (χ2n) is 8.80. The molecule has 1 N–H and O–H groups in total. The summed E-state index contributed by atoms with van der Waals surface area (Å²) in [7, 11) is 2.04. The van der Waals surface area contributed by atoms with Gasteiger partial charge in [0, 0.05) is 40.3 Å².